The van der Waals surface area contributed by atoms with Crippen LogP contribution < -0.4 is 0 Å². The average molecular weight is 236 g/mol. The highest BCUT2D eigenvalue weighted by atomic mass is 16.5. The SMILES string of the molecule is C1=CC2CC1CC2COCCC1CCCCO1. The van der Waals surface area contributed by atoms with Crippen molar-refractivity contribution in [3.8, 4) is 0 Å². The van der Waals surface area contributed by atoms with Gasteiger partial charge in [0.1, 0.15) is 0 Å². The number of ether oxygens (including phenoxy) is 2. The maximum absolute atomic E-state index is 5.86. The third-order valence-corrected chi connectivity index (χ3v) is 4.61. The molecule has 2 aliphatic carbocycles. The zero-order chi connectivity index (χ0) is 11.5. The molecule has 3 rings (SSSR count). The predicted octanol–water partition coefficient (Wildman–Crippen LogP) is 3.17. The average Bonchev–Trinajstić information content (AvgIpc) is 2.98. The van der Waals surface area contributed by atoms with E-state index in [0.29, 0.717) is 6.10 Å². The molecule has 1 saturated heterocycles. The summed E-state index contributed by atoms with van der Waals surface area (Å²) in [6, 6.07) is 0. The monoisotopic (exact) mass is 236 g/mol. The molecular formula is C15H24O2. The Labute approximate surface area is 104 Å². The van der Waals surface area contributed by atoms with Crippen molar-refractivity contribution in [3.05, 3.63) is 12.2 Å². The second kappa shape index (κ2) is 5.53. The molecule has 2 bridgehead atoms. The highest BCUT2D eigenvalue weighted by Gasteiger charge is 2.35. The van der Waals surface area contributed by atoms with Gasteiger partial charge in [0.2, 0.25) is 0 Å². The topological polar surface area (TPSA) is 18.5 Å². The molecule has 0 aromatic heterocycles. The van der Waals surface area contributed by atoms with Gasteiger partial charge in [-0.2, -0.15) is 0 Å². The Hall–Kier alpha value is -0.340. The van der Waals surface area contributed by atoms with E-state index in [2.05, 4.69) is 12.2 Å². The summed E-state index contributed by atoms with van der Waals surface area (Å²) >= 11 is 0. The number of hydrogen-bond donors (Lipinski definition) is 0. The minimum absolute atomic E-state index is 0.476. The first-order valence-corrected chi connectivity index (χ1v) is 7.29. The molecule has 3 aliphatic rings. The smallest absolute Gasteiger partial charge is 0.0597 e. The molecule has 96 valence electrons. The molecule has 0 radical (unpaired) electrons. The summed E-state index contributed by atoms with van der Waals surface area (Å²) in [5.41, 5.74) is 0. The summed E-state index contributed by atoms with van der Waals surface area (Å²) in [5, 5.41) is 0. The molecule has 0 aromatic rings. The normalized spacial score (nSPS) is 40.0. The van der Waals surface area contributed by atoms with Crippen LogP contribution in [-0.4, -0.2) is 25.9 Å². The number of allylic oxidation sites excluding steroid dienone is 2. The Balaban J connectivity index is 1.29. The predicted molar refractivity (Wildman–Crippen MR) is 67.9 cm³/mol. The van der Waals surface area contributed by atoms with Crippen LogP contribution in [0.15, 0.2) is 12.2 Å². The van der Waals surface area contributed by atoms with Crippen molar-refractivity contribution in [1.29, 1.82) is 0 Å². The molecule has 4 unspecified atom stereocenters. The van der Waals surface area contributed by atoms with E-state index in [-0.39, 0.29) is 0 Å². The summed E-state index contributed by atoms with van der Waals surface area (Å²) in [5.74, 6) is 2.50. The van der Waals surface area contributed by atoms with Crippen LogP contribution in [0.4, 0.5) is 0 Å². The summed E-state index contributed by atoms with van der Waals surface area (Å²) in [7, 11) is 0. The van der Waals surface area contributed by atoms with Crippen LogP contribution in [-0.2, 0) is 9.47 Å². The Bertz CT molecular complexity index is 268. The van der Waals surface area contributed by atoms with Gasteiger partial charge in [-0.05, 0) is 56.3 Å². The van der Waals surface area contributed by atoms with Gasteiger partial charge in [-0.25, -0.2) is 0 Å². The molecule has 2 heteroatoms. The molecule has 0 amide bonds. The van der Waals surface area contributed by atoms with Crippen molar-refractivity contribution in [2.75, 3.05) is 19.8 Å². The minimum Gasteiger partial charge on any atom is -0.381 e. The van der Waals surface area contributed by atoms with E-state index in [1.54, 1.807) is 0 Å². The second-order valence-electron chi connectivity index (χ2n) is 5.89. The van der Waals surface area contributed by atoms with E-state index < -0.39 is 0 Å². The molecule has 4 atom stereocenters. The molecule has 1 heterocycles. The molecule has 17 heavy (non-hydrogen) atoms. The third-order valence-electron chi connectivity index (χ3n) is 4.61. The van der Waals surface area contributed by atoms with Crippen molar-refractivity contribution >= 4 is 0 Å². The van der Waals surface area contributed by atoms with Gasteiger partial charge in [-0.3, -0.25) is 0 Å². The van der Waals surface area contributed by atoms with Crippen molar-refractivity contribution in [3.63, 3.8) is 0 Å². The summed E-state index contributed by atoms with van der Waals surface area (Å²) in [6.07, 6.45) is 12.9. The number of hydrogen-bond acceptors (Lipinski definition) is 2. The van der Waals surface area contributed by atoms with E-state index >= 15 is 0 Å². The minimum atomic E-state index is 0.476. The molecular weight excluding hydrogens is 212 g/mol. The van der Waals surface area contributed by atoms with Gasteiger partial charge in [-0.15, -0.1) is 0 Å². The van der Waals surface area contributed by atoms with Crippen molar-refractivity contribution < 1.29 is 9.47 Å². The highest BCUT2D eigenvalue weighted by molar-refractivity contribution is 5.09. The molecule has 0 N–H and O–H groups in total. The molecule has 0 aromatic carbocycles. The Morgan fingerprint density at radius 3 is 2.88 bits per heavy atom. The van der Waals surface area contributed by atoms with Gasteiger partial charge >= 0.3 is 0 Å². The number of fused-ring (bicyclic) bond motifs is 2. The van der Waals surface area contributed by atoms with Crippen LogP contribution in [0.5, 0.6) is 0 Å². The van der Waals surface area contributed by atoms with Crippen LogP contribution in [0.1, 0.15) is 38.5 Å². The van der Waals surface area contributed by atoms with Crippen molar-refractivity contribution in [2.24, 2.45) is 17.8 Å². The number of rotatable bonds is 5. The molecule has 1 aliphatic heterocycles. The Kier molecular flexibility index (Phi) is 3.82. The second-order valence-corrected chi connectivity index (χ2v) is 5.89. The Morgan fingerprint density at radius 1 is 1.18 bits per heavy atom. The lowest BCUT2D eigenvalue weighted by molar-refractivity contribution is -0.0121. The van der Waals surface area contributed by atoms with Gasteiger partial charge in [0.05, 0.1) is 6.10 Å². The third kappa shape index (κ3) is 2.92. The molecule has 2 nitrogen and oxygen atoms in total. The zero-order valence-electron chi connectivity index (χ0n) is 10.6. The Morgan fingerprint density at radius 2 is 2.18 bits per heavy atom. The fourth-order valence-electron chi connectivity index (χ4n) is 3.57. The van der Waals surface area contributed by atoms with Crippen LogP contribution in [0.25, 0.3) is 0 Å². The van der Waals surface area contributed by atoms with E-state index in [0.717, 1.165) is 44.0 Å². The van der Waals surface area contributed by atoms with E-state index in [4.69, 9.17) is 9.47 Å². The lowest BCUT2D eigenvalue weighted by atomic mass is 9.95. The van der Waals surface area contributed by atoms with E-state index in [1.807, 2.05) is 0 Å². The largest absolute Gasteiger partial charge is 0.381 e. The summed E-state index contributed by atoms with van der Waals surface area (Å²) in [4.78, 5) is 0. The quantitative estimate of drug-likeness (QED) is 0.539. The first-order valence-electron chi connectivity index (χ1n) is 7.29. The highest BCUT2D eigenvalue weighted by Crippen LogP contribution is 2.43. The fraction of sp³-hybridized carbons (Fsp3) is 0.867. The molecule has 0 spiro atoms. The van der Waals surface area contributed by atoms with Crippen LogP contribution in [0, 0.1) is 17.8 Å². The van der Waals surface area contributed by atoms with Gasteiger partial charge in [0, 0.05) is 19.8 Å². The van der Waals surface area contributed by atoms with E-state index in [1.165, 1.54) is 32.1 Å². The van der Waals surface area contributed by atoms with Crippen LogP contribution >= 0.6 is 0 Å². The van der Waals surface area contributed by atoms with Gasteiger partial charge < -0.3 is 9.47 Å². The molecule has 2 fully saturated rings. The summed E-state index contributed by atoms with van der Waals surface area (Å²) in [6.45, 7) is 2.82. The van der Waals surface area contributed by atoms with Crippen LogP contribution in [0.2, 0.25) is 0 Å². The first kappa shape index (κ1) is 11.7. The zero-order valence-corrected chi connectivity index (χ0v) is 10.6. The maximum Gasteiger partial charge on any atom is 0.0597 e. The lowest BCUT2D eigenvalue weighted by Crippen LogP contribution is -2.22. The standard InChI is InChI=1S/C15H24O2/c1-2-7-17-15(3-1)6-8-16-11-14-10-12-4-5-13(14)9-12/h4-5,12-15H,1-3,6-11H2. The van der Waals surface area contributed by atoms with Gasteiger partial charge in [0.15, 0.2) is 0 Å². The summed E-state index contributed by atoms with van der Waals surface area (Å²) < 4.78 is 11.6. The van der Waals surface area contributed by atoms with Crippen molar-refractivity contribution in [1.82, 2.24) is 0 Å². The molecule has 1 saturated carbocycles. The van der Waals surface area contributed by atoms with Gasteiger partial charge in [-0.1, -0.05) is 12.2 Å². The fourth-order valence-corrected chi connectivity index (χ4v) is 3.57. The lowest BCUT2D eigenvalue weighted by Gasteiger charge is -2.23. The maximum atomic E-state index is 5.86. The van der Waals surface area contributed by atoms with E-state index in [9.17, 15) is 0 Å². The van der Waals surface area contributed by atoms with Crippen molar-refractivity contribution in [2.45, 2.75) is 44.6 Å². The van der Waals surface area contributed by atoms with Crippen LogP contribution in [0.3, 0.4) is 0 Å². The first-order chi connectivity index (χ1) is 8.42. The van der Waals surface area contributed by atoms with Gasteiger partial charge in [0.25, 0.3) is 0 Å².